The zero-order valence-corrected chi connectivity index (χ0v) is 15.5. The van der Waals surface area contributed by atoms with E-state index in [-0.39, 0.29) is 22.6 Å². The third-order valence-corrected chi connectivity index (χ3v) is 5.78. The normalized spacial score (nSPS) is 26.6. The Morgan fingerprint density at radius 2 is 2.04 bits per heavy atom. The third-order valence-electron chi connectivity index (χ3n) is 5.48. The topological polar surface area (TPSA) is 67.6 Å². The van der Waals surface area contributed by atoms with Crippen molar-refractivity contribution >= 4 is 28.7 Å². The zero-order valence-electron chi connectivity index (χ0n) is 14.7. The molecule has 134 valence electrons. The monoisotopic (exact) mass is 369 g/mol. The Kier molecular flexibility index (Phi) is 3.66. The molecule has 0 saturated carbocycles. The Balaban J connectivity index is 1.86. The van der Waals surface area contributed by atoms with Crippen molar-refractivity contribution in [2.75, 3.05) is 4.90 Å². The summed E-state index contributed by atoms with van der Waals surface area (Å²) in [6.07, 6.45) is 0. The van der Waals surface area contributed by atoms with E-state index in [4.69, 9.17) is 17.0 Å². The first-order valence-corrected chi connectivity index (χ1v) is 8.87. The number of para-hydroxylation sites is 1. The summed E-state index contributed by atoms with van der Waals surface area (Å²) in [5.41, 5.74) is 2.22. The van der Waals surface area contributed by atoms with Gasteiger partial charge in [-0.05, 0) is 43.8 Å². The summed E-state index contributed by atoms with van der Waals surface area (Å²) >= 11 is 5.66. The van der Waals surface area contributed by atoms with Crippen molar-refractivity contribution in [2.45, 2.75) is 32.5 Å². The van der Waals surface area contributed by atoms with Crippen LogP contribution in [0.4, 0.5) is 11.4 Å². The molecular weight excluding hydrogens is 350 g/mol. The van der Waals surface area contributed by atoms with Crippen molar-refractivity contribution in [1.82, 2.24) is 5.32 Å². The van der Waals surface area contributed by atoms with Crippen LogP contribution in [0.3, 0.4) is 0 Å². The number of rotatable bonds is 2. The first-order valence-electron chi connectivity index (χ1n) is 8.46. The number of nitrogens with zero attached hydrogens (tertiary/aromatic N) is 2. The van der Waals surface area contributed by atoms with Gasteiger partial charge in [-0.1, -0.05) is 25.1 Å². The molecule has 0 aliphatic carbocycles. The van der Waals surface area contributed by atoms with Gasteiger partial charge < -0.3 is 10.1 Å². The molecule has 4 rings (SSSR count). The van der Waals surface area contributed by atoms with Gasteiger partial charge in [0.2, 0.25) is 0 Å². The number of anilines is 1. The average Bonchev–Trinajstić information content (AvgIpc) is 2.59. The maximum absolute atomic E-state index is 11.2. The van der Waals surface area contributed by atoms with E-state index in [2.05, 4.69) is 12.2 Å². The first-order chi connectivity index (χ1) is 12.3. The SMILES string of the molecule is Cc1ccccc1N1C(=S)N[C@H]2c3cc([N+](=O)[O-])ccc3O[C@]1(C)[C@@H]2C. The van der Waals surface area contributed by atoms with Crippen molar-refractivity contribution in [3.05, 3.63) is 63.7 Å². The van der Waals surface area contributed by atoms with Gasteiger partial charge in [-0.25, -0.2) is 0 Å². The van der Waals surface area contributed by atoms with Crippen molar-refractivity contribution in [3.63, 3.8) is 0 Å². The highest BCUT2D eigenvalue weighted by Crippen LogP contribution is 2.50. The van der Waals surface area contributed by atoms with E-state index >= 15 is 0 Å². The number of ether oxygens (including phenoxy) is 1. The molecule has 2 aliphatic rings. The first kappa shape index (κ1) is 16.8. The van der Waals surface area contributed by atoms with Gasteiger partial charge in [0.15, 0.2) is 10.8 Å². The van der Waals surface area contributed by atoms with Gasteiger partial charge in [0.05, 0.1) is 11.0 Å². The standard InChI is InChI=1S/C19H19N3O3S/c1-11-6-4-5-7-15(11)21-18(26)20-17-12(2)19(21,3)25-16-9-8-13(22(23)24)10-14(16)17/h4-10,12,17H,1-3H3,(H,20,26)/t12-,17-,19-/m1/s1. The fourth-order valence-electron chi connectivity index (χ4n) is 3.89. The number of nitro benzene ring substituents is 1. The lowest BCUT2D eigenvalue weighted by molar-refractivity contribution is -0.385. The number of non-ortho nitro benzene ring substituents is 1. The highest BCUT2D eigenvalue weighted by Gasteiger charge is 2.54. The number of fused-ring (bicyclic) bond motifs is 4. The number of hydrogen-bond acceptors (Lipinski definition) is 4. The lowest BCUT2D eigenvalue weighted by Crippen LogP contribution is -2.69. The van der Waals surface area contributed by atoms with Crippen LogP contribution in [0.5, 0.6) is 5.75 Å². The Morgan fingerprint density at radius 1 is 1.31 bits per heavy atom. The number of thiocarbonyl (C=S) groups is 1. The smallest absolute Gasteiger partial charge is 0.270 e. The third kappa shape index (κ3) is 2.27. The number of nitro groups is 1. The second-order valence-corrected chi connectivity index (χ2v) is 7.36. The Morgan fingerprint density at radius 3 is 2.73 bits per heavy atom. The second kappa shape index (κ2) is 5.67. The maximum Gasteiger partial charge on any atom is 0.270 e. The molecule has 1 saturated heterocycles. The fourth-order valence-corrected chi connectivity index (χ4v) is 4.30. The summed E-state index contributed by atoms with van der Waals surface area (Å²) in [6, 6.07) is 12.6. The van der Waals surface area contributed by atoms with Crippen LogP contribution >= 0.6 is 12.2 Å². The molecule has 0 radical (unpaired) electrons. The molecule has 2 aromatic rings. The quantitative estimate of drug-likeness (QED) is 0.489. The summed E-state index contributed by atoms with van der Waals surface area (Å²) in [6.45, 7) is 6.14. The molecule has 0 amide bonds. The number of hydrogen-bond donors (Lipinski definition) is 1. The molecule has 26 heavy (non-hydrogen) atoms. The van der Waals surface area contributed by atoms with Gasteiger partial charge in [-0.3, -0.25) is 15.0 Å². The Hall–Kier alpha value is -2.67. The summed E-state index contributed by atoms with van der Waals surface area (Å²) in [5, 5.41) is 15.1. The highest BCUT2D eigenvalue weighted by atomic mass is 32.1. The Bertz CT molecular complexity index is 932. The molecular formula is C19H19N3O3S. The van der Waals surface area contributed by atoms with Crippen LogP contribution in [-0.4, -0.2) is 15.8 Å². The zero-order chi connectivity index (χ0) is 18.6. The molecule has 2 aliphatic heterocycles. The summed E-state index contributed by atoms with van der Waals surface area (Å²) in [4.78, 5) is 12.8. The van der Waals surface area contributed by atoms with Crippen molar-refractivity contribution in [3.8, 4) is 5.75 Å². The van der Waals surface area contributed by atoms with Gasteiger partial charge in [-0.15, -0.1) is 0 Å². The van der Waals surface area contributed by atoms with Crippen LogP contribution in [0, 0.1) is 23.0 Å². The predicted molar refractivity (Wildman–Crippen MR) is 103 cm³/mol. The lowest BCUT2D eigenvalue weighted by atomic mass is 9.80. The maximum atomic E-state index is 11.2. The van der Waals surface area contributed by atoms with E-state index < -0.39 is 5.72 Å². The molecule has 7 heteroatoms. The van der Waals surface area contributed by atoms with Crippen LogP contribution in [0.15, 0.2) is 42.5 Å². The van der Waals surface area contributed by atoms with Gasteiger partial charge in [0.1, 0.15) is 5.75 Å². The largest absolute Gasteiger partial charge is 0.467 e. The number of aryl methyl sites for hydroxylation is 1. The minimum atomic E-state index is -0.692. The minimum absolute atomic E-state index is 0.0170. The molecule has 2 heterocycles. The van der Waals surface area contributed by atoms with E-state index in [0.717, 1.165) is 16.8 Å². The minimum Gasteiger partial charge on any atom is -0.467 e. The molecule has 1 fully saturated rings. The summed E-state index contributed by atoms with van der Waals surface area (Å²) < 4.78 is 6.41. The van der Waals surface area contributed by atoms with E-state index in [1.165, 1.54) is 6.07 Å². The Labute approximate surface area is 156 Å². The molecule has 1 N–H and O–H groups in total. The van der Waals surface area contributed by atoms with Gasteiger partial charge in [0.25, 0.3) is 5.69 Å². The molecule has 0 spiro atoms. The lowest BCUT2D eigenvalue weighted by Gasteiger charge is -2.56. The van der Waals surface area contributed by atoms with Gasteiger partial charge in [0, 0.05) is 29.3 Å². The van der Waals surface area contributed by atoms with Crippen LogP contribution in [-0.2, 0) is 0 Å². The van der Waals surface area contributed by atoms with Crippen molar-refractivity contribution in [1.29, 1.82) is 0 Å². The summed E-state index contributed by atoms with van der Waals surface area (Å²) in [5.74, 6) is 0.665. The van der Waals surface area contributed by atoms with Crippen LogP contribution < -0.4 is 15.0 Å². The van der Waals surface area contributed by atoms with Crippen LogP contribution in [0.2, 0.25) is 0 Å². The predicted octanol–water partition coefficient (Wildman–Crippen LogP) is 4.08. The van der Waals surface area contributed by atoms with Crippen LogP contribution in [0.1, 0.15) is 31.0 Å². The van der Waals surface area contributed by atoms with E-state index in [1.54, 1.807) is 12.1 Å². The average molecular weight is 369 g/mol. The van der Waals surface area contributed by atoms with Crippen LogP contribution in [0.25, 0.3) is 0 Å². The van der Waals surface area contributed by atoms with Gasteiger partial charge >= 0.3 is 0 Å². The van der Waals surface area contributed by atoms with E-state index in [0.29, 0.717) is 10.9 Å². The van der Waals surface area contributed by atoms with Gasteiger partial charge in [-0.2, -0.15) is 0 Å². The van der Waals surface area contributed by atoms with E-state index in [9.17, 15) is 10.1 Å². The van der Waals surface area contributed by atoms with Crippen molar-refractivity contribution in [2.24, 2.45) is 5.92 Å². The number of benzene rings is 2. The number of nitrogens with one attached hydrogen (secondary N) is 1. The van der Waals surface area contributed by atoms with E-state index in [1.807, 2.05) is 43.0 Å². The molecule has 3 atom stereocenters. The molecule has 6 nitrogen and oxygen atoms in total. The molecule has 0 unspecified atom stereocenters. The summed E-state index contributed by atoms with van der Waals surface area (Å²) in [7, 11) is 0. The fraction of sp³-hybridized carbons (Fsp3) is 0.316. The second-order valence-electron chi connectivity index (χ2n) is 6.97. The molecule has 2 aromatic carbocycles. The van der Waals surface area contributed by atoms with Crippen molar-refractivity contribution < 1.29 is 9.66 Å². The highest BCUT2D eigenvalue weighted by molar-refractivity contribution is 7.80. The molecule has 0 aromatic heterocycles. The molecule has 2 bridgehead atoms.